The summed E-state index contributed by atoms with van der Waals surface area (Å²) in [5.74, 6) is 0.592. The summed E-state index contributed by atoms with van der Waals surface area (Å²) in [6.07, 6.45) is 4.04. The number of sulfonamides is 1. The Morgan fingerprint density at radius 2 is 1.89 bits per heavy atom. The molecule has 2 heterocycles. The van der Waals surface area contributed by atoms with E-state index in [2.05, 4.69) is 14.9 Å². The van der Waals surface area contributed by atoms with E-state index in [0.29, 0.717) is 17.1 Å². The number of benzene rings is 2. The summed E-state index contributed by atoms with van der Waals surface area (Å²) in [5.41, 5.74) is 0.914. The fourth-order valence-corrected chi connectivity index (χ4v) is 4.64. The van der Waals surface area contributed by atoms with Crippen LogP contribution in [0, 0.1) is 5.82 Å². The van der Waals surface area contributed by atoms with Crippen molar-refractivity contribution >= 4 is 27.3 Å². The highest BCUT2D eigenvalue weighted by atomic mass is 35.5. The Kier molecular flexibility index (Phi) is 5.07. The zero-order valence-corrected chi connectivity index (χ0v) is 16.5. The quantitative estimate of drug-likeness (QED) is 0.684. The first-order valence-corrected chi connectivity index (χ1v) is 10.8. The van der Waals surface area contributed by atoms with Crippen LogP contribution in [-0.2, 0) is 23.0 Å². The van der Waals surface area contributed by atoms with Crippen LogP contribution in [0.3, 0.4) is 0 Å². The Balaban J connectivity index is 1.74. The number of hydrogen-bond donors (Lipinski definition) is 1. The molecule has 0 unspecified atom stereocenters. The lowest BCUT2D eigenvalue weighted by molar-refractivity contribution is 0.570. The summed E-state index contributed by atoms with van der Waals surface area (Å²) in [5, 5.41) is 8.69. The third-order valence-corrected chi connectivity index (χ3v) is 6.34. The average Bonchev–Trinajstić information content (AvgIpc) is 2.89. The molecule has 1 aliphatic heterocycles. The molecule has 0 atom stereocenters. The second-order valence-corrected chi connectivity index (χ2v) is 8.72. The van der Waals surface area contributed by atoms with E-state index in [9.17, 15) is 12.8 Å². The van der Waals surface area contributed by atoms with E-state index in [1.54, 1.807) is 24.3 Å². The van der Waals surface area contributed by atoms with Crippen LogP contribution in [0.1, 0.15) is 25.1 Å². The van der Waals surface area contributed by atoms with Crippen LogP contribution in [0.2, 0.25) is 5.02 Å². The van der Waals surface area contributed by atoms with E-state index >= 15 is 0 Å². The third-order valence-electron chi connectivity index (χ3n) is 4.71. The number of hydrogen-bond acceptors (Lipinski definition) is 4. The lowest BCUT2D eigenvalue weighted by Gasteiger charge is -2.14. The summed E-state index contributed by atoms with van der Waals surface area (Å²) in [7, 11) is -4.14. The molecule has 9 heteroatoms. The second kappa shape index (κ2) is 7.52. The molecule has 28 heavy (non-hydrogen) atoms. The fraction of sp³-hybridized carbons (Fsp3) is 0.263. The van der Waals surface area contributed by atoms with Crippen LogP contribution in [-0.4, -0.2) is 23.2 Å². The first kappa shape index (κ1) is 18.9. The van der Waals surface area contributed by atoms with Crippen molar-refractivity contribution in [3.05, 3.63) is 59.1 Å². The molecule has 0 radical (unpaired) electrons. The highest BCUT2D eigenvalue weighted by Crippen LogP contribution is 2.31. The molecule has 1 aliphatic rings. The molecule has 2 aromatic carbocycles. The molecule has 0 saturated carbocycles. The van der Waals surface area contributed by atoms with Gasteiger partial charge in [-0.15, -0.1) is 10.2 Å². The predicted octanol–water partition coefficient (Wildman–Crippen LogP) is 4.26. The summed E-state index contributed by atoms with van der Waals surface area (Å²) in [6, 6.07) is 10.4. The van der Waals surface area contributed by atoms with Gasteiger partial charge in [0.15, 0.2) is 5.82 Å². The molecule has 3 aromatic rings. The highest BCUT2D eigenvalue weighted by Gasteiger charge is 2.23. The van der Waals surface area contributed by atoms with Gasteiger partial charge in [0.05, 0.1) is 5.69 Å². The number of rotatable bonds is 4. The van der Waals surface area contributed by atoms with Gasteiger partial charge in [-0.25, -0.2) is 12.8 Å². The van der Waals surface area contributed by atoms with Crippen molar-refractivity contribution < 1.29 is 12.8 Å². The Hall–Kier alpha value is -2.45. The van der Waals surface area contributed by atoms with Gasteiger partial charge in [-0.3, -0.25) is 4.72 Å². The van der Waals surface area contributed by atoms with Crippen molar-refractivity contribution in [1.82, 2.24) is 14.8 Å². The lowest BCUT2D eigenvalue weighted by Crippen LogP contribution is -2.15. The number of fused-ring (bicyclic) bond motifs is 1. The van der Waals surface area contributed by atoms with E-state index in [-0.39, 0.29) is 5.02 Å². The Morgan fingerprint density at radius 1 is 1.07 bits per heavy atom. The monoisotopic (exact) mass is 420 g/mol. The maximum atomic E-state index is 14.2. The summed E-state index contributed by atoms with van der Waals surface area (Å²) in [4.78, 5) is -0.466. The van der Waals surface area contributed by atoms with Gasteiger partial charge in [-0.2, -0.15) is 0 Å². The Bertz CT molecular complexity index is 1130. The van der Waals surface area contributed by atoms with Gasteiger partial charge in [0, 0.05) is 23.6 Å². The largest absolute Gasteiger partial charge is 0.311 e. The van der Waals surface area contributed by atoms with E-state index < -0.39 is 20.7 Å². The Labute approximate surface area is 167 Å². The lowest BCUT2D eigenvalue weighted by atomic mass is 10.1. The normalized spacial score (nSPS) is 14.4. The number of para-hydroxylation sites is 1. The molecule has 4 rings (SSSR count). The number of nitrogens with zero attached hydrogens (tertiary/aromatic N) is 3. The topological polar surface area (TPSA) is 76.9 Å². The third kappa shape index (κ3) is 3.62. The van der Waals surface area contributed by atoms with Gasteiger partial charge in [0.1, 0.15) is 16.5 Å². The van der Waals surface area contributed by atoms with Crippen LogP contribution in [0.25, 0.3) is 11.4 Å². The predicted molar refractivity (Wildman–Crippen MR) is 105 cm³/mol. The van der Waals surface area contributed by atoms with E-state index in [1.165, 1.54) is 6.07 Å². The Morgan fingerprint density at radius 3 is 2.71 bits per heavy atom. The first-order chi connectivity index (χ1) is 13.5. The van der Waals surface area contributed by atoms with Crippen molar-refractivity contribution in [2.45, 2.75) is 37.1 Å². The average molecular weight is 421 g/mol. The molecule has 0 bridgehead atoms. The van der Waals surface area contributed by atoms with Crippen LogP contribution in [0.5, 0.6) is 0 Å². The minimum absolute atomic E-state index is 0.128. The minimum Gasteiger partial charge on any atom is -0.311 e. The van der Waals surface area contributed by atoms with E-state index in [1.807, 2.05) is 4.57 Å². The number of aromatic nitrogens is 3. The highest BCUT2D eigenvalue weighted by molar-refractivity contribution is 7.92. The van der Waals surface area contributed by atoms with E-state index in [0.717, 1.165) is 50.2 Å². The zero-order valence-electron chi connectivity index (χ0n) is 14.9. The van der Waals surface area contributed by atoms with Crippen molar-refractivity contribution in [1.29, 1.82) is 0 Å². The SMILES string of the molecule is O=S(=O)(Nc1ccccc1-c1nnc2n1CCCCC2)c1ccc(Cl)cc1F. The number of nitrogens with one attached hydrogen (secondary N) is 1. The molecule has 0 fully saturated rings. The maximum absolute atomic E-state index is 14.2. The molecule has 146 valence electrons. The van der Waals surface area contributed by atoms with Crippen LogP contribution < -0.4 is 4.72 Å². The molecular formula is C19H18ClFN4O2S. The van der Waals surface area contributed by atoms with Crippen LogP contribution in [0.4, 0.5) is 10.1 Å². The van der Waals surface area contributed by atoms with Gasteiger partial charge >= 0.3 is 0 Å². The second-order valence-electron chi connectivity index (χ2n) is 6.63. The molecule has 0 amide bonds. The number of anilines is 1. The van der Waals surface area contributed by atoms with Crippen molar-refractivity contribution in [3.63, 3.8) is 0 Å². The van der Waals surface area contributed by atoms with Gasteiger partial charge in [-0.05, 0) is 43.2 Å². The zero-order chi connectivity index (χ0) is 19.7. The van der Waals surface area contributed by atoms with Crippen LogP contribution >= 0.6 is 11.6 Å². The standard InChI is InChI=1S/C19H18ClFN4O2S/c20-13-9-10-17(15(21)12-13)28(26,27)24-16-7-4-3-6-14(16)19-23-22-18-8-2-1-5-11-25(18)19/h3-4,6-7,9-10,12,24H,1-2,5,8,11H2. The van der Waals surface area contributed by atoms with Gasteiger partial charge < -0.3 is 4.57 Å². The summed E-state index contributed by atoms with van der Waals surface area (Å²) in [6.45, 7) is 0.782. The molecule has 0 spiro atoms. The molecular weight excluding hydrogens is 403 g/mol. The smallest absolute Gasteiger partial charge is 0.264 e. The number of aryl methyl sites for hydroxylation is 1. The minimum atomic E-state index is -4.14. The first-order valence-electron chi connectivity index (χ1n) is 8.95. The molecule has 0 saturated heterocycles. The molecule has 1 N–H and O–H groups in total. The van der Waals surface area contributed by atoms with Crippen molar-refractivity contribution in [2.24, 2.45) is 0 Å². The van der Waals surface area contributed by atoms with Crippen molar-refractivity contribution in [3.8, 4) is 11.4 Å². The van der Waals surface area contributed by atoms with Gasteiger partial charge in [-0.1, -0.05) is 30.2 Å². The molecule has 1 aromatic heterocycles. The summed E-state index contributed by atoms with van der Waals surface area (Å²) >= 11 is 5.73. The van der Waals surface area contributed by atoms with Gasteiger partial charge in [0.25, 0.3) is 10.0 Å². The van der Waals surface area contributed by atoms with E-state index in [4.69, 9.17) is 11.6 Å². The number of halogens is 2. The maximum Gasteiger partial charge on any atom is 0.264 e. The van der Waals surface area contributed by atoms with Gasteiger partial charge in [0.2, 0.25) is 0 Å². The van der Waals surface area contributed by atoms with Crippen LogP contribution in [0.15, 0.2) is 47.4 Å². The fourth-order valence-electron chi connectivity index (χ4n) is 3.34. The van der Waals surface area contributed by atoms with Crippen molar-refractivity contribution in [2.75, 3.05) is 4.72 Å². The molecule has 0 aliphatic carbocycles. The summed E-state index contributed by atoms with van der Waals surface area (Å²) < 4.78 is 44.2. The molecule has 6 nitrogen and oxygen atoms in total.